The molecule has 0 aromatic heterocycles. The Hall–Kier alpha value is -2.86. The Balaban J connectivity index is 1.30. The first-order chi connectivity index (χ1) is 15.1. The summed E-state index contributed by atoms with van der Waals surface area (Å²) in [4.78, 5) is 29.4. The molecule has 1 aliphatic heterocycles. The Morgan fingerprint density at radius 1 is 1.10 bits per heavy atom. The molecule has 0 spiro atoms. The number of benzene rings is 2. The molecule has 0 saturated carbocycles. The van der Waals surface area contributed by atoms with Crippen molar-refractivity contribution in [1.82, 2.24) is 4.90 Å². The predicted molar refractivity (Wildman–Crippen MR) is 122 cm³/mol. The third kappa shape index (κ3) is 5.25. The number of carbonyl (C=O) groups is 2. The number of aryl methyl sites for hydroxylation is 1. The summed E-state index contributed by atoms with van der Waals surface area (Å²) in [6, 6.07) is 16.2. The third-order valence-corrected chi connectivity index (χ3v) is 6.27. The van der Waals surface area contributed by atoms with Gasteiger partial charge in [-0.05, 0) is 61.1 Å². The smallest absolute Gasteiger partial charge is 0.243 e. The van der Waals surface area contributed by atoms with E-state index in [0.717, 1.165) is 50.5 Å². The molecule has 31 heavy (non-hydrogen) atoms. The van der Waals surface area contributed by atoms with Crippen LogP contribution in [-0.2, 0) is 20.7 Å². The Morgan fingerprint density at radius 3 is 2.58 bits per heavy atom. The Bertz CT molecular complexity index is 906. The topological polar surface area (TPSA) is 61.9 Å². The van der Waals surface area contributed by atoms with Gasteiger partial charge in [-0.3, -0.25) is 9.59 Å². The predicted octanol–water partition coefficient (Wildman–Crippen LogP) is 3.43. The molecule has 6 heteroatoms. The molecule has 2 aromatic rings. The molecule has 1 atom stereocenters. The number of hydrogen-bond acceptors (Lipinski definition) is 4. The van der Waals surface area contributed by atoms with Gasteiger partial charge in [-0.15, -0.1) is 0 Å². The minimum absolute atomic E-state index is 0.0435. The summed E-state index contributed by atoms with van der Waals surface area (Å²) in [5.41, 5.74) is 4.51. The van der Waals surface area contributed by atoms with Gasteiger partial charge in [0.2, 0.25) is 11.8 Å². The summed E-state index contributed by atoms with van der Waals surface area (Å²) >= 11 is 0. The van der Waals surface area contributed by atoms with Gasteiger partial charge >= 0.3 is 0 Å². The molecule has 1 unspecified atom stereocenters. The van der Waals surface area contributed by atoms with Crippen molar-refractivity contribution in [2.75, 3.05) is 49.6 Å². The van der Waals surface area contributed by atoms with Crippen LogP contribution in [0.1, 0.15) is 36.8 Å². The molecule has 1 heterocycles. The van der Waals surface area contributed by atoms with Crippen LogP contribution in [-0.4, -0.2) is 56.1 Å². The van der Waals surface area contributed by atoms with Gasteiger partial charge in [0.1, 0.15) is 0 Å². The van der Waals surface area contributed by atoms with E-state index in [-0.39, 0.29) is 24.3 Å². The summed E-state index contributed by atoms with van der Waals surface area (Å²) in [6.45, 7) is 5.77. The zero-order valence-corrected chi connectivity index (χ0v) is 18.2. The first-order valence-corrected chi connectivity index (χ1v) is 11.2. The molecule has 2 aliphatic rings. The van der Waals surface area contributed by atoms with Gasteiger partial charge in [-0.1, -0.05) is 24.3 Å². The SMILES string of the molecule is CCN(CC(=O)Nc1ccc(N2CCOCC2)cc1)C(=O)CC1CCc2ccccc21. The van der Waals surface area contributed by atoms with E-state index < -0.39 is 0 Å². The van der Waals surface area contributed by atoms with Gasteiger partial charge in [0.15, 0.2) is 0 Å². The van der Waals surface area contributed by atoms with E-state index >= 15 is 0 Å². The van der Waals surface area contributed by atoms with E-state index in [1.807, 2.05) is 37.3 Å². The van der Waals surface area contributed by atoms with Gasteiger partial charge in [0, 0.05) is 37.4 Å². The maximum absolute atomic E-state index is 12.9. The second kappa shape index (κ2) is 9.96. The van der Waals surface area contributed by atoms with Gasteiger partial charge in [-0.25, -0.2) is 0 Å². The van der Waals surface area contributed by atoms with Crippen LogP contribution in [0.4, 0.5) is 11.4 Å². The number of nitrogens with one attached hydrogen (secondary N) is 1. The Morgan fingerprint density at radius 2 is 1.84 bits per heavy atom. The fourth-order valence-corrected chi connectivity index (χ4v) is 4.52. The molecule has 6 nitrogen and oxygen atoms in total. The fraction of sp³-hybridized carbons (Fsp3) is 0.440. The molecule has 1 N–H and O–H groups in total. The van der Waals surface area contributed by atoms with Crippen LogP contribution < -0.4 is 10.2 Å². The van der Waals surface area contributed by atoms with Crippen molar-refractivity contribution in [1.29, 1.82) is 0 Å². The van der Waals surface area contributed by atoms with Crippen LogP contribution in [0.3, 0.4) is 0 Å². The van der Waals surface area contributed by atoms with Crippen LogP contribution in [0.25, 0.3) is 0 Å². The average molecular weight is 422 g/mol. The van der Waals surface area contributed by atoms with Crippen LogP contribution >= 0.6 is 0 Å². The molecular weight excluding hydrogens is 390 g/mol. The highest BCUT2D eigenvalue weighted by Gasteiger charge is 2.26. The molecule has 0 radical (unpaired) electrons. The van der Waals surface area contributed by atoms with Gasteiger partial charge in [0.05, 0.1) is 19.8 Å². The van der Waals surface area contributed by atoms with Crippen molar-refractivity contribution in [3.8, 4) is 0 Å². The molecule has 1 saturated heterocycles. The first-order valence-electron chi connectivity index (χ1n) is 11.2. The van der Waals surface area contributed by atoms with E-state index in [1.54, 1.807) is 4.90 Å². The van der Waals surface area contributed by atoms with Crippen LogP contribution in [0.15, 0.2) is 48.5 Å². The molecule has 4 rings (SSSR count). The van der Waals surface area contributed by atoms with Crippen molar-refractivity contribution in [3.05, 3.63) is 59.7 Å². The number of likely N-dealkylation sites (N-methyl/N-ethyl adjacent to an activating group) is 1. The van der Waals surface area contributed by atoms with Crippen LogP contribution in [0, 0.1) is 0 Å². The summed E-state index contributed by atoms with van der Waals surface area (Å²) < 4.78 is 5.39. The quantitative estimate of drug-likeness (QED) is 0.744. The first kappa shape index (κ1) is 21.4. The van der Waals surface area contributed by atoms with Crippen molar-refractivity contribution in [3.63, 3.8) is 0 Å². The lowest BCUT2D eigenvalue weighted by molar-refractivity contribution is -0.134. The molecule has 2 amide bonds. The maximum atomic E-state index is 12.9. The normalized spacial score (nSPS) is 17.8. The maximum Gasteiger partial charge on any atom is 0.243 e. The van der Waals surface area contributed by atoms with E-state index in [9.17, 15) is 9.59 Å². The monoisotopic (exact) mass is 421 g/mol. The Labute approximate surface area is 184 Å². The van der Waals surface area contributed by atoms with Crippen molar-refractivity contribution >= 4 is 23.2 Å². The second-order valence-electron chi connectivity index (χ2n) is 8.24. The summed E-state index contributed by atoms with van der Waals surface area (Å²) in [5.74, 6) is 0.136. The summed E-state index contributed by atoms with van der Waals surface area (Å²) in [6.07, 6.45) is 2.50. The number of morpholine rings is 1. The van der Waals surface area contributed by atoms with E-state index in [0.29, 0.717) is 13.0 Å². The molecule has 1 fully saturated rings. The molecular formula is C25H31N3O3. The largest absolute Gasteiger partial charge is 0.378 e. The van der Waals surface area contributed by atoms with Crippen LogP contribution in [0.5, 0.6) is 0 Å². The highest BCUT2D eigenvalue weighted by molar-refractivity contribution is 5.94. The van der Waals surface area contributed by atoms with Gasteiger partial charge in [-0.2, -0.15) is 0 Å². The number of carbonyl (C=O) groups excluding carboxylic acids is 2. The molecule has 2 aromatic carbocycles. The second-order valence-corrected chi connectivity index (χ2v) is 8.24. The van der Waals surface area contributed by atoms with Crippen molar-refractivity contribution < 1.29 is 14.3 Å². The van der Waals surface area contributed by atoms with E-state index in [4.69, 9.17) is 4.74 Å². The molecule has 164 valence electrons. The Kier molecular flexibility index (Phi) is 6.87. The molecule has 1 aliphatic carbocycles. The third-order valence-electron chi connectivity index (χ3n) is 6.27. The standard InChI is InChI=1S/C25H31N3O3/c1-2-27(25(30)17-20-8-7-19-5-3-4-6-23(19)20)18-24(29)26-21-9-11-22(12-10-21)28-13-15-31-16-14-28/h3-6,9-12,20H,2,7-8,13-18H2,1H3,(H,26,29). The lowest BCUT2D eigenvalue weighted by Gasteiger charge is -2.29. The number of fused-ring (bicyclic) bond motifs is 1. The van der Waals surface area contributed by atoms with Crippen molar-refractivity contribution in [2.45, 2.75) is 32.1 Å². The minimum Gasteiger partial charge on any atom is -0.378 e. The number of amides is 2. The number of nitrogens with zero attached hydrogens (tertiary/aromatic N) is 2. The van der Waals surface area contributed by atoms with Crippen molar-refractivity contribution in [2.24, 2.45) is 0 Å². The highest BCUT2D eigenvalue weighted by atomic mass is 16.5. The van der Waals surface area contributed by atoms with Crippen LogP contribution in [0.2, 0.25) is 0 Å². The minimum atomic E-state index is -0.166. The van der Waals surface area contributed by atoms with Gasteiger partial charge in [0.25, 0.3) is 0 Å². The number of ether oxygens (including phenoxy) is 1. The lowest BCUT2D eigenvalue weighted by atomic mass is 9.97. The number of hydrogen-bond donors (Lipinski definition) is 1. The lowest BCUT2D eigenvalue weighted by Crippen LogP contribution is -2.38. The fourth-order valence-electron chi connectivity index (χ4n) is 4.52. The zero-order valence-electron chi connectivity index (χ0n) is 18.2. The van der Waals surface area contributed by atoms with Gasteiger partial charge < -0.3 is 19.9 Å². The number of rotatable bonds is 7. The number of anilines is 2. The molecule has 0 bridgehead atoms. The highest BCUT2D eigenvalue weighted by Crippen LogP contribution is 2.35. The average Bonchev–Trinajstić information content (AvgIpc) is 3.21. The zero-order chi connectivity index (χ0) is 21.6. The van der Waals surface area contributed by atoms with E-state index in [1.165, 1.54) is 11.1 Å². The van der Waals surface area contributed by atoms with E-state index in [2.05, 4.69) is 28.4 Å². The summed E-state index contributed by atoms with van der Waals surface area (Å²) in [7, 11) is 0. The summed E-state index contributed by atoms with van der Waals surface area (Å²) in [5, 5.41) is 2.92.